The molecule has 0 fully saturated rings. The SMILES string of the molecule is CCC(C(=O)O)N(C)C(=O)c1cn(CCNC(=O)OCC2c3ccccc3-c3ccccc32)nn1. The normalized spacial score (nSPS) is 13.0. The fourth-order valence-electron chi connectivity index (χ4n) is 4.36. The van der Waals surface area contributed by atoms with E-state index in [1.165, 1.54) is 17.9 Å². The molecule has 10 nitrogen and oxygen atoms in total. The first kappa shape index (κ1) is 23.9. The molecule has 3 aromatic rings. The van der Waals surface area contributed by atoms with Crippen molar-refractivity contribution >= 4 is 18.0 Å². The monoisotopic (exact) mass is 477 g/mol. The molecule has 1 heterocycles. The number of ether oxygens (including phenoxy) is 1. The van der Waals surface area contributed by atoms with Gasteiger partial charge in [0.1, 0.15) is 12.6 Å². The Labute approximate surface area is 202 Å². The highest BCUT2D eigenvalue weighted by Crippen LogP contribution is 2.44. The minimum Gasteiger partial charge on any atom is -0.480 e. The van der Waals surface area contributed by atoms with Gasteiger partial charge in [-0.3, -0.25) is 4.79 Å². The maximum Gasteiger partial charge on any atom is 0.407 e. The molecule has 0 saturated heterocycles. The van der Waals surface area contributed by atoms with E-state index in [-0.39, 0.29) is 37.7 Å². The van der Waals surface area contributed by atoms with Crippen molar-refractivity contribution in [1.29, 1.82) is 0 Å². The second-order valence-corrected chi connectivity index (χ2v) is 8.30. The molecule has 4 rings (SSSR count). The lowest BCUT2D eigenvalue weighted by molar-refractivity contribution is -0.142. The van der Waals surface area contributed by atoms with E-state index in [0.29, 0.717) is 0 Å². The lowest BCUT2D eigenvalue weighted by atomic mass is 9.98. The molecule has 2 aromatic carbocycles. The van der Waals surface area contributed by atoms with Crippen LogP contribution in [0.1, 0.15) is 40.9 Å². The number of alkyl carbamates (subject to hydrolysis) is 1. The summed E-state index contributed by atoms with van der Waals surface area (Å²) in [7, 11) is 1.42. The number of carboxylic acid groups (broad SMARTS) is 1. The van der Waals surface area contributed by atoms with Gasteiger partial charge >= 0.3 is 12.1 Å². The van der Waals surface area contributed by atoms with Crippen LogP contribution in [0.3, 0.4) is 0 Å². The Morgan fingerprint density at radius 1 is 1.11 bits per heavy atom. The Kier molecular flexibility index (Phi) is 7.09. The number of hydrogen-bond donors (Lipinski definition) is 2. The number of aliphatic carboxylic acids is 1. The number of carbonyl (C=O) groups excluding carboxylic acids is 2. The summed E-state index contributed by atoms with van der Waals surface area (Å²) in [6.45, 7) is 2.39. The zero-order valence-electron chi connectivity index (χ0n) is 19.5. The quantitative estimate of drug-likeness (QED) is 0.485. The predicted octanol–water partition coefficient (Wildman–Crippen LogP) is 2.75. The van der Waals surface area contributed by atoms with E-state index in [1.54, 1.807) is 6.92 Å². The Bertz CT molecular complexity index is 1190. The number of rotatable bonds is 9. The van der Waals surface area contributed by atoms with Crippen LogP contribution in [0.15, 0.2) is 54.7 Å². The number of fused-ring (bicyclic) bond motifs is 3. The van der Waals surface area contributed by atoms with Gasteiger partial charge in [-0.15, -0.1) is 5.10 Å². The van der Waals surface area contributed by atoms with Crippen LogP contribution < -0.4 is 5.32 Å². The summed E-state index contributed by atoms with van der Waals surface area (Å²) in [5, 5.41) is 19.6. The highest BCUT2D eigenvalue weighted by Gasteiger charge is 2.29. The molecular formula is C25H27N5O5. The van der Waals surface area contributed by atoms with Crippen molar-refractivity contribution in [1.82, 2.24) is 25.2 Å². The van der Waals surface area contributed by atoms with Gasteiger partial charge in [0, 0.05) is 19.5 Å². The van der Waals surface area contributed by atoms with Gasteiger partial charge in [0.25, 0.3) is 5.91 Å². The summed E-state index contributed by atoms with van der Waals surface area (Å²) < 4.78 is 6.91. The summed E-state index contributed by atoms with van der Waals surface area (Å²) in [5.74, 6) is -1.63. The average Bonchev–Trinajstić information content (AvgIpc) is 3.45. The number of nitrogens with one attached hydrogen (secondary N) is 1. The van der Waals surface area contributed by atoms with Crippen LogP contribution in [0.25, 0.3) is 11.1 Å². The summed E-state index contributed by atoms with van der Waals surface area (Å²) in [5.41, 5.74) is 4.63. The van der Waals surface area contributed by atoms with Crippen LogP contribution in [-0.2, 0) is 16.1 Å². The molecular weight excluding hydrogens is 450 g/mol. The number of carboxylic acids is 1. The number of amides is 2. The molecule has 0 bridgehead atoms. The van der Waals surface area contributed by atoms with Crippen molar-refractivity contribution in [3.05, 3.63) is 71.5 Å². The standard InChI is InChI=1S/C25H27N5O5/c1-3-22(24(32)33)29(2)23(31)21-14-30(28-27-21)13-12-26-25(34)35-15-20-18-10-6-4-8-16(18)17-9-5-7-11-19(17)20/h4-11,14,20,22H,3,12-13,15H2,1-2H3,(H,26,34)(H,32,33). The molecule has 35 heavy (non-hydrogen) atoms. The predicted molar refractivity (Wildman–Crippen MR) is 127 cm³/mol. The highest BCUT2D eigenvalue weighted by atomic mass is 16.5. The smallest absolute Gasteiger partial charge is 0.407 e. The van der Waals surface area contributed by atoms with E-state index in [9.17, 15) is 19.5 Å². The van der Waals surface area contributed by atoms with Gasteiger partial charge in [-0.1, -0.05) is 60.7 Å². The molecule has 1 unspecified atom stereocenters. The maximum atomic E-state index is 12.5. The van der Waals surface area contributed by atoms with Crippen molar-refractivity contribution < 1.29 is 24.2 Å². The van der Waals surface area contributed by atoms with Gasteiger partial charge < -0.3 is 20.1 Å². The van der Waals surface area contributed by atoms with Crippen LogP contribution in [-0.4, -0.2) is 69.2 Å². The van der Waals surface area contributed by atoms with Crippen LogP contribution >= 0.6 is 0 Å². The van der Waals surface area contributed by atoms with Crippen LogP contribution in [0.4, 0.5) is 4.79 Å². The number of carbonyl (C=O) groups is 3. The van der Waals surface area contributed by atoms with Gasteiger partial charge in [-0.25, -0.2) is 14.3 Å². The van der Waals surface area contributed by atoms with Crippen LogP contribution in [0.5, 0.6) is 0 Å². The second kappa shape index (κ2) is 10.4. The molecule has 1 aliphatic carbocycles. The Hall–Kier alpha value is -4.21. The average molecular weight is 478 g/mol. The zero-order valence-corrected chi connectivity index (χ0v) is 19.5. The van der Waals surface area contributed by atoms with Crippen molar-refractivity contribution in [2.75, 3.05) is 20.2 Å². The molecule has 2 amide bonds. The van der Waals surface area contributed by atoms with Gasteiger partial charge in [-0.2, -0.15) is 0 Å². The highest BCUT2D eigenvalue weighted by molar-refractivity contribution is 5.94. The molecule has 0 spiro atoms. The lowest BCUT2D eigenvalue weighted by Gasteiger charge is -2.22. The van der Waals surface area contributed by atoms with E-state index in [1.807, 2.05) is 24.3 Å². The summed E-state index contributed by atoms with van der Waals surface area (Å²) >= 11 is 0. The molecule has 10 heteroatoms. The minimum atomic E-state index is -1.08. The number of benzene rings is 2. The molecule has 182 valence electrons. The Balaban J connectivity index is 1.28. The first-order chi connectivity index (χ1) is 16.9. The van der Waals surface area contributed by atoms with Crippen molar-refractivity contribution in [3.63, 3.8) is 0 Å². The van der Waals surface area contributed by atoms with E-state index >= 15 is 0 Å². The van der Waals surface area contributed by atoms with Crippen molar-refractivity contribution in [2.45, 2.75) is 31.8 Å². The topological polar surface area (TPSA) is 127 Å². The van der Waals surface area contributed by atoms with Crippen LogP contribution in [0.2, 0.25) is 0 Å². The fraction of sp³-hybridized carbons (Fsp3) is 0.320. The molecule has 1 atom stereocenters. The Morgan fingerprint density at radius 3 is 2.34 bits per heavy atom. The summed E-state index contributed by atoms with van der Waals surface area (Å²) in [6, 6.07) is 15.3. The van der Waals surface area contributed by atoms with E-state index < -0.39 is 24.0 Å². The fourth-order valence-corrected chi connectivity index (χ4v) is 4.36. The second-order valence-electron chi connectivity index (χ2n) is 8.30. The Morgan fingerprint density at radius 2 is 1.74 bits per heavy atom. The van der Waals surface area contributed by atoms with E-state index in [0.717, 1.165) is 27.2 Å². The minimum absolute atomic E-state index is 0.0215. The number of likely N-dealkylation sites (N-methyl/N-ethyl adjacent to an activating group) is 1. The van der Waals surface area contributed by atoms with Gasteiger partial charge in [0.05, 0.1) is 12.7 Å². The van der Waals surface area contributed by atoms with Crippen LogP contribution in [0, 0.1) is 0 Å². The van der Waals surface area contributed by atoms with Gasteiger partial charge in [-0.05, 0) is 28.7 Å². The molecule has 0 radical (unpaired) electrons. The maximum absolute atomic E-state index is 12.5. The molecule has 1 aliphatic rings. The largest absolute Gasteiger partial charge is 0.480 e. The third kappa shape index (κ3) is 5.01. The zero-order chi connectivity index (χ0) is 24.9. The lowest BCUT2D eigenvalue weighted by Crippen LogP contribution is -2.42. The number of aromatic nitrogens is 3. The molecule has 2 N–H and O–H groups in total. The van der Waals surface area contributed by atoms with Crippen molar-refractivity contribution in [3.8, 4) is 11.1 Å². The van der Waals surface area contributed by atoms with Crippen molar-refractivity contribution in [2.24, 2.45) is 0 Å². The third-order valence-electron chi connectivity index (χ3n) is 6.17. The number of hydrogen-bond acceptors (Lipinski definition) is 6. The van der Waals surface area contributed by atoms with E-state index in [2.05, 4.69) is 39.9 Å². The molecule has 1 aromatic heterocycles. The van der Waals surface area contributed by atoms with Gasteiger partial charge in [0.15, 0.2) is 5.69 Å². The number of nitrogens with zero attached hydrogens (tertiary/aromatic N) is 4. The summed E-state index contributed by atoms with van der Waals surface area (Å²) in [4.78, 5) is 37.2. The first-order valence-electron chi connectivity index (χ1n) is 11.4. The van der Waals surface area contributed by atoms with Gasteiger partial charge in [0.2, 0.25) is 0 Å². The molecule has 0 aliphatic heterocycles. The van der Waals surface area contributed by atoms with E-state index in [4.69, 9.17) is 4.74 Å². The summed E-state index contributed by atoms with van der Waals surface area (Å²) in [6.07, 6.45) is 1.15. The first-order valence-corrected chi connectivity index (χ1v) is 11.4. The third-order valence-corrected chi connectivity index (χ3v) is 6.17. The molecule has 0 saturated carbocycles.